The van der Waals surface area contributed by atoms with Crippen molar-refractivity contribution in [2.24, 2.45) is 7.05 Å². The van der Waals surface area contributed by atoms with Gasteiger partial charge in [-0.05, 0) is 22.8 Å². The number of amides is 1. The zero-order valence-electron chi connectivity index (χ0n) is 11.9. The van der Waals surface area contributed by atoms with Crippen molar-refractivity contribution in [1.29, 1.82) is 0 Å². The zero-order valence-corrected chi connectivity index (χ0v) is 11.9. The SMILES string of the molecule is Cn1ccc(NC(=O)CCc2ccc3ccccc3c2)n1. The maximum atomic E-state index is 11.9. The molecule has 0 saturated carbocycles. The van der Waals surface area contributed by atoms with E-state index in [2.05, 4.69) is 40.7 Å². The van der Waals surface area contributed by atoms with Crippen LogP contribution >= 0.6 is 0 Å². The number of fused-ring (bicyclic) bond motifs is 1. The Morgan fingerprint density at radius 1 is 1.14 bits per heavy atom. The van der Waals surface area contributed by atoms with Gasteiger partial charge in [-0.25, -0.2) is 0 Å². The molecule has 0 atom stereocenters. The van der Waals surface area contributed by atoms with Crippen molar-refractivity contribution < 1.29 is 4.79 Å². The highest BCUT2D eigenvalue weighted by Gasteiger charge is 2.05. The summed E-state index contributed by atoms with van der Waals surface area (Å²) in [5.74, 6) is 0.586. The van der Waals surface area contributed by atoms with E-state index in [-0.39, 0.29) is 5.91 Å². The Balaban J connectivity index is 1.61. The van der Waals surface area contributed by atoms with Crippen LogP contribution in [0.1, 0.15) is 12.0 Å². The van der Waals surface area contributed by atoms with Crippen molar-refractivity contribution in [1.82, 2.24) is 9.78 Å². The van der Waals surface area contributed by atoms with Gasteiger partial charge in [-0.15, -0.1) is 0 Å². The van der Waals surface area contributed by atoms with Crippen LogP contribution in [0.15, 0.2) is 54.7 Å². The van der Waals surface area contributed by atoms with Gasteiger partial charge in [0.25, 0.3) is 0 Å². The average molecular weight is 279 g/mol. The number of rotatable bonds is 4. The normalized spacial score (nSPS) is 10.7. The number of anilines is 1. The van der Waals surface area contributed by atoms with E-state index in [0.717, 1.165) is 6.42 Å². The molecule has 1 heterocycles. The highest BCUT2D eigenvalue weighted by atomic mass is 16.1. The standard InChI is InChI=1S/C17H17N3O/c1-20-11-10-16(19-20)18-17(21)9-7-13-6-8-14-4-2-3-5-15(14)12-13/h2-6,8,10-12H,7,9H2,1H3,(H,18,19,21). The molecule has 0 bridgehead atoms. The van der Waals surface area contributed by atoms with Crippen molar-refractivity contribution in [2.75, 3.05) is 5.32 Å². The molecule has 1 aromatic heterocycles. The molecular weight excluding hydrogens is 262 g/mol. The Hall–Kier alpha value is -2.62. The van der Waals surface area contributed by atoms with E-state index >= 15 is 0 Å². The molecule has 2 aromatic carbocycles. The number of aryl methyl sites for hydroxylation is 2. The lowest BCUT2D eigenvalue weighted by Crippen LogP contribution is -2.13. The average Bonchev–Trinajstić information content (AvgIpc) is 2.90. The summed E-state index contributed by atoms with van der Waals surface area (Å²) in [5, 5.41) is 9.36. The number of hydrogen-bond donors (Lipinski definition) is 1. The smallest absolute Gasteiger partial charge is 0.225 e. The molecule has 0 aliphatic carbocycles. The van der Waals surface area contributed by atoms with Gasteiger partial charge in [-0.3, -0.25) is 9.48 Å². The van der Waals surface area contributed by atoms with E-state index in [4.69, 9.17) is 0 Å². The predicted octanol–water partition coefficient (Wildman–Crippen LogP) is 3.14. The molecule has 0 saturated heterocycles. The molecule has 0 fully saturated rings. The summed E-state index contributed by atoms with van der Waals surface area (Å²) in [4.78, 5) is 11.9. The molecular formula is C17H17N3O. The third kappa shape index (κ3) is 3.28. The number of nitrogens with zero attached hydrogens (tertiary/aromatic N) is 2. The van der Waals surface area contributed by atoms with Crippen LogP contribution in [-0.2, 0) is 18.3 Å². The largest absolute Gasteiger partial charge is 0.309 e. The highest BCUT2D eigenvalue weighted by Crippen LogP contribution is 2.16. The van der Waals surface area contributed by atoms with Crippen LogP contribution in [0.4, 0.5) is 5.82 Å². The topological polar surface area (TPSA) is 46.9 Å². The number of nitrogens with one attached hydrogen (secondary N) is 1. The van der Waals surface area contributed by atoms with Crippen LogP contribution in [0.5, 0.6) is 0 Å². The number of carbonyl (C=O) groups excluding carboxylic acids is 1. The molecule has 3 aromatic rings. The van der Waals surface area contributed by atoms with E-state index in [1.807, 2.05) is 19.2 Å². The number of aromatic nitrogens is 2. The summed E-state index contributed by atoms with van der Waals surface area (Å²) in [5.41, 5.74) is 1.17. The fourth-order valence-electron chi connectivity index (χ4n) is 2.34. The van der Waals surface area contributed by atoms with E-state index < -0.39 is 0 Å². The first kappa shape index (κ1) is 13.4. The quantitative estimate of drug-likeness (QED) is 0.797. The van der Waals surface area contributed by atoms with Gasteiger partial charge in [0, 0.05) is 25.7 Å². The van der Waals surface area contributed by atoms with Gasteiger partial charge in [0.2, 0.25) is 5.91 Å². The Bertz CT molecular complexity index is 776. The van der Waals surface area contributed by atoms with Gasteiger partial charge in [0.15, 0.2) is 5.82 Å². The summed E-state index contributed by atoms with van der Waals surface area (Å²) in [6, 6.07) is 16.3. The van der Waals surface area contributed by atoms with Gasteiger partial charge < -0.3 is 5.32 Å². The van der Waals surface area contributed by atoms with Crippen LogP contribution in [0.25, 0.3) is 10.8 Å². The molecule has 1 amide bonds. The minimum Gasteiger partial charge on any atom is -0.309 e. The van der Waals surface area contributed by atoms with Crippen LogP contribution in [0, 0.1) is 0 Å². The van der Waals surface area contributed by atoms with Gasteiger partial charge in [-0.2, -0.15) is 5.10 Å². The third-order valence-electron chi connectivity index (χ3n) is 3.44. The minimum absolute atomic E-state index is 0.0122. The van der Waals surface area contributed by atoms with Crippen LogP contribution in [-0.4, -0.2) is 15.7 Å². The molecule has 0 aliphatic rings. The summed E-state index contributed by atoms with van der Waals surface area (Å²) in [7, 11) is 1.82. The van der Waals surface area contributed by atoms with Crippen LogP contribution in [0.2, 0.25) is 0 Å². The minimum atomic E-state index is -0.0122. The van der Waals surface area contributed by atoms with Gasteiger partial charge in [0.1, 0.15) is 0 Å². The van der Waals surface area contributed by atoms with Crippen molar-refractivity contribution in [3.05, 3.63) is 60.3 Å². The van der Waals surface area contributed by atoms with Crippen molar-refractivity contribution in [2.45, 2.75) is 12.8 Å². The maximum Gasteiger partial charge on any atom is 0.225 e. The summed E-state index contributed by atoms with van der Waals surface area (Å²) in [6.07, 6.45) is 2.98. The molecule has 0 aliphatic heterocycles. The lowest BCUT2D eigenvalue weighted by atomic mass is 10.0. The fraction of sp³-hybridized carbons (Fsp3) is 0.176. The van der Waals surface area contributed by atoms with Gasteiger partial charge in [-0.1, -0.05) is 42.5 Å². The van der Waals surface area contributed by atoms with E-state index in [1.165, 1.54) is 16.3 Å². The van der Waals surface area contributed by atoms with E-state index in [1.54, 1.807) is 16.9 Å². The first-order valence-electron chi connectivity index (χ1n) is 6.98. The second-order valence-electron chi connectivity index (χ2n) is 5.10. The fourth-order valence-corrected chi connectivity index (χ4v) is 2.34. The molecule has 4 nitrogen and oxygen atoms in total. The second kappa shape index (κ2) is 5.79. The number of benzene rings is 2. The van der Waals surface area contributed by atoms with Crippen molar-refractivity contribution in [3.8, 4) is 0 Å². The summed E-state index contributed by atoms with van der Waals surface area (Å²) < 4.78 is 1.67. The van der Waals surface area contributed by atoms with Crippen molar-refractivity contribution >= 4 is 22.5 Å². The Labute approximate surface area is 123 Å². The van der Waals surface area contributed by atoms with E-state index in [9.17, 15) is 4.79 Å². The first-order chi connectivity index (χ1) is 10.2. The molecule has 1 N–H and O–H groups in total. The molecule has 0 spiro atoms. The first-order valence-corrected chi connectivity index (χ1v) is 6.98. The van der Waals surface area contributed by atoms with Gasteiger partial charge in [0.05, 0.1) is 0 Å². The molecule has 4 heteroatoms. The zero-order chi connectivity index (χ0) is 14.7. The summed E-state index contributed by atoms with van der Waals surface area (Å²) >= 11 is 0. The van der Waals surface area contributed by atoms with Gasteiger partial charge >= 0.3 is 0 Å². The van der Waals surface area contributed by atoms with Crippen LogP contribution < -0.4 is 5.32 Å². The van der Waals surface area contributed by atoms with Crippen molar-refractivity contribution in [3.63, 3.8) is 0 Å². The Kier molecular flexibility index (Phi) is 3.69. The maximum absolute atomic E-state index is 11.9. The molecule has 3 rings (SSSR count). The predicted molar refractivity (Wildman–Crippen MR) is 84.1 cm³/mol. The Morgan fingerprint density at radius 2 is 1.95 bits per heavy atom. The van der Waals surface area contributed by atoms with Crippen LogP contribution in [0.3, 0.4) is 0 Å². The highest BCUT2D eigenvalue weighted by molar-refractivity contribution is 5.90. The second-order valence-corrected chi connectivity index (χ2v) is 5.10. The number of carbonyl (C=O) groups is 1. The molecule has 0 radical (unpaired) electrons. The third-order valence-corrected chi connectivity index (χ3v) is 3.44. The summed E-state index contributed by atoms with van der Waals surface area (Å²) in [6.45, 7) is 0. The number of hydrogen-bond acceptors (Lipinski definition) is 2. The molecule has 0 unspecified atom stereocenters. The lowest BCUT2D eigenvalue weighted by molar-refractivity contribution is -0.116. The van der Waals surface area contributed by atoms with E-state index in [0.29, 0.717) is 12.2 Å². The molecule has 21 heavy (non-hydrogen) atoms. The lowest BCUT2D eigenvalue weighted by Gasteiger charge is -2.04. The monoisotopic (exact) mass is 279 g/mol. The molecule has 106 valence electrons. The Morgan fingerprint density at radius 3 is 2.71 bits per heavy atom.